The molecule has 0 saturated carbocycles. The molecule has 1 aromatic heterocycles. The highest BCUT2D eigenvalue weighted by molar-refractivity contribution is 5.88. The van der Waals surface area contributed by atoms with Crippen LogP contribution in [0.5, 0.6) is 5.75 Å². The second-order valence-electron chi connectivity index (χ2n) is 6.45. The Morgan fingerprint density at radius 3 is 2.69 bits per heavy atom. The molecule has 2 aromatic carbocycles. The van der Waals surface area contributed by atoms with Gasteiger partial charge in [-0.25, -0.2) is 4.68 Å². The van der Waals surface area contributed by atoms with Crippen LogP contribution in [0, 0.1) is 17.0 Å². The van der Waals surface area contributed by atoms with E-state index in [0.717, 1.165) is 22.1 Å². The molecule has 0 aliphatic rings. The molecular formula is C19H22N4O3. The van der Waals surface area contributed by atoms with Crippen LogP contribution in [0.15, 0.2) is 36.4 Å². The first-order chi connectivity index (χ1) is 12.4. The molecule has 0 aliphatic heterocycles. The Hall–Kier alpha value is -3.09. The smallest absolute Gasteiger partial charge is 0.333 e. The number of hydrogen-bond donors (Lipinski definition) is 1. The van der Waals surface area contributed by atoms with E-state index in [4.69, 9.17) is 4.74 Å². The van der Waals surface area contributed by atoms with Gasteiger partial charge in [-0.1, -0.05) is 30.3 Å². The molecule has 26 heavy (non-hydrogen) atoms. The summed E-state index contributed by atoms with van der Waals surface area (Å²) in [4.78, 5) is 11.0. The van der Waals surface area contributed by atoms with Gasteiger partial charge < -0.3 is 10.1 Å². The van der Waals surface area contributed by atoms with E-state index in [1.54, 1.807) is 14.0 Å². The number of ether oxygens (including phenoxy) is 1. The van der Waals surface area contributed by atoms with Crippen LogP contribution in [-0.4, -0.2) is 20.8 Å². The van der Waals surface area contributed by atoms with Crippen LogP contribution in [0.4, 0.5) is 11.5 Å². The third-order valence-corrected chi connectivity index (χ3v) is 4.17. The van der Waals surface area contributed by atoms with Gasteiger partial charge in [-0.05, 0) is 37.6 Å². The Morgan fingerprint density at radius 2 is 2.00 bits per heavy atom. The minimum Gasteiger partial charge on any atom is -0.491 e. The molecule has 0 bridgehead atoms. The zero-order chi connectivity index (χ0) is 18.8. The Balaban J connectivity index is 2.02. The molecule has 0 unspecified atom stereocenters. The summed E-state index contributed by atoms with van der Waals surface area (Å²) in [7, 11) is 1.69. The number of nitro groups is 1. The van der Waals surface area contributed by atoms with Crippen LogP contribution in [0.3, 0.4) is 0 Å². The normalized spacial score (nSPS) is 11.1. The van der Waals surface area contributed by atoms with Crippen LogP contribution in [-0.2, 0) is 13.6 Å². The largest absolute Gasteiger partial charge is 0.491 e. The summed E-state index contributed by atoms with van der Waals surface area (Å²) in [6.07, 6.45) is 0.0307. The Kier molecular flexibility index (Phi) is 4.79. The molecule has 3 aromatic rings. The maximum atomic E-state index is 11.4. The minimum absolute atomic E-state index is 0.000866. The second-order valence-corrected chi connectivity index (χ2v) is 6.45. The molecule has 1 N–H and O–H groups in total. The van der Waals surface area contributed by atoms with Crippen molar-refractivity contribution < 1.29 is 9.66 Å². The summed E-state index contributed by atoms with van der Waals surface area (Å²) in [5.41, 5.74) is 1.35. The Morgan fingerprint density at radius 1 is 1.27 bits per heavy atom. The minimum atomic E-state index is -0.403. The first-order valence-corrected chi connectivity index (χ1v) is 8.47. The second kappa shape index (κ2) is 7.03. The first-order valence-electron chi connectivity index (χ1n) is 8.47. The number of rotatable bonds is 6. The summed E-state index contributed by atoms with van der Waals surface area (Å²) >= 11 is 0. The van der Waals surface area contributed by atoms with Crippen LogP contribution >= 0.6 is 0 Å². The van der Waals surface area contributed by atoms with Crippen LogP contribution in [0.2, 0.25) is 0 Å². The van der Waals surface area contributed by atoms with E-state index in [1.165, 1.54) is 4.68 Å². The van der Waals surface area contributed by atoms with Crippen molar-refractivity contribution in [3.8, 4) is 5.75 Å². The molecule has 0 radical (unpaired) electrons. The number of nitrogens with zero attached hydrogens (tertiary/aromatic N) is 3. The van der Waals surface area contributed by atoms with E-state index in [-0.39, 0.29) is 11.8 Å². The summed E-state index contributed by atoms with van der Waals surface area (Å²) in [6, 6.07) is 12.0. The van der Waals surface area contributed by atoms with Crippen molar-refractivity contribution in [3.63, 3.8) is 0 Å². The van der Waals surface area contributed by atoms with Gasteiger partial charge in [0.15, 0.2) is 0 Å². The van der Waals surface area contributed by atoms with Gasteiger partial charge in [0.2, 0.25) is 5.82 Å². The van der Waals surface area contributed by atoms with Crippen molar-refractivity contribution in [2.24, 2.45) is 7.05 Å². The van der Waals surface area contributed by atoms with Gasteiger partial charge >= 0.3 is 5.69 Å². The summed E-state index contributed by atoms with van der Waals surface area (Å²) in [5.74, 6) is 1.16. The van der Waals surface area contributed by atoms with E-state index in [9.17, 15) is 10.1 Å². The molecule has 0 spiro atoms. The number of fused-ring (bicyclic) bond motifs is 1. The quantitative estimate of drug-likeness (QED) is 0.530. The number of aryl methyl sites for hydroxylation is 2. The topological polar surface area (TPSA) is 82.2 Å². The maximum Gasteiger partial charge on any atom is 0.333 e. The molecule has 1 heterocycles. The lowest BCUT2D eigenvalue weighted by molar-refractivity contribution is -0.384. The van der Waals surface area contributed by atoms with Gasteiger partial charge in [0.1, 0.15) is 11.4 Å². The summed E-state index contributed by atoms with van der Waals surface area (Å²) in [5, 5.41) is 20.9. The zero-order valence-corrected chi connectivity index (χ0v) is 15.3. The number of benzene rings is 2. The monoisotopic (exact) mass is 354 g/mol. The summed E-state index contributed by atoms with van der Waals surface area (Å²) in [6.45, 7) is 5.97. The molecule has 7 nitrogen and oxygen atoms in total. The fourth-order valence-corrected chi connectivity index (χ4v) is 3.10. The van der Waals surface area contributed by atoms with Gasteiger partial charge in [0.25, 0.3) is 0 Å². The fraction of sp³-hybridized carbons (Fsp3) is 0.316. The van der Waals surface area contributed by atoms with Crippen molar-refractivity contribution in [2.75, 3.05) is 5.32 Å². The van der Waals surface area contributed by atoms with Crippen molar-refractivity contribution in [1.82, 2.24) is 9.78 Å². The lowest BCUT2D eigenvalue weighted by atomic mass is 10.0. The van der Waals surface area contributed by atoms with Crippen molar-refractivity contribution in [1.29, 1.82) is 0 Å². The molecule has 0 aliphatic carbocycles. The zero-order valence-electron chi connectivity index (χ0n) is 15.3. The maximum absolute atomic E-state index is 11.4. The average Bonchev–Trinajstić information content (AvgIpc) is 2.87. The lowest BCUT2D eigenvalue weighted by Gasteiger charge is -2.17. The number of anilines is 1. The van der Waals surface area contributed by atoms with Gasteiger partial charge in [-0.2, -0.15) is 5.10 Å². The van der Waals surface area contributed by atoms with Crippen molar-refractivity contribution in [3.05, 3.63) is 57.8 Å². The fourth-order valence-electron chi connectivity index (χ4n) is 3.10. The van der Waals surface area contributed by atoms with Crippen molar-refractivity contribution >= 4 is 22.3 Å². The summed E-state index contributed by atoms with van der Waals surface area (Å²) < 4.78 is 7.46. The third kappa shape index (κ3) is 3.33. The van der Waals surface area contributed by atoms with Gasteiger partial charge in [-0.3, -0.25) is 10.1 Å². The SMILES string of the molecule is Cc1nn(C)c(NCc2c(OC(C)C)ccc3ccccc23)c1[N+](=O)[O-]. The van der Waals surface area contributed by atoms with E-state index >= 15 is 0 Å². The van der Waals surface area contributed by atoms with E-state index in [1.807, 2.05) is 50.2 Å². The molecule has 0 fully saturated rings. The molecule has 136 valence electrons. The van der Waals surface area contributed by atoms with E-state index < -0.39 is 4.92 Å². The number of hydrogen-bond acceptors (Lipinski definition) is 5. The standard InChI is InChI=1S/C19H22N4O3/c1-12(2)26-17-10-9-14-7-5-6-8-15(14)16(17)11-20-19-18(23(24)25)13(3)21-22(19)4/h5-10,12,20H,11H2,1-4H3. The number of aromatic nitrogens is 2. The molecule has 3 rings (SSSR count). The van der Waals surface area contributed by atoms with Crippen molar-refractivity contribution in [2.45, 2.75) is 33.4 Å². The average molecular weight is 354 g/mol. The highest BCUT2D eigenvalue weighted by Crippen LogP contribution is 2.32. The van der Waals surface area contributed by atoms with Gasteiger partial charge in [0.05, 0.1) is 11.0 Å². The predicted molar refractivity (Wildman–Crippen MR) is 102 cm³/mol. The third-order valence-electron chi connectivity index (χ3n) is 4.17. The molecule has 0 saturated heterocycles. The number of nitrogens with one attached hydrogen (secondary N) is 1. The lowest BCUT2D eigenvalue weighted by Crippen LogP contribution is -2.11. The molecule has 7 heteroatoms. The van der Waals surface area contributed by atoms with E-state index in [0.29, 0.717) is 18.1 Å². The first kappa shape index (κ1) is 17.7. The van der Waals surface area contributed by atoms with Gasteiger partial charge in [0, 0.05) is 19.2 Å². The highest BCUT2D eigenvalue weighted by atomic mass is 16.6. The molecular weight excluding hydrogens is 332 g/mol. The van der Waals surface area contributed by atoms with Crippen LogP contribution < -0.4 is 10.1 Å². The Bertz CT molecular complexity index is 963. The van der Waals surface area contributed by atoms with E-state index in [2.05, 4.69) is 10.4 Å². The van der Waals surface area contributed by atoms with Gasteiger partial charge in [-0.15, -0.1) is 0 Å². The van der Waals surface area contributed by atoms with Crippen LogP contribution in [0.1, 0.15) is 25.1 Å². The Labute approximate surface area is 151 Å². The predicted octanol–water partition coefficient (Wildman–Crippen LogP) is 4.19. The van der Waals surface area contributed by atoms with Crippen LogP contribution in [0.25, 0.3) is 10.8 Å². The highest BCUT2D eigenvalue weighted by Gasteiger charge is 2.24. The molecule has 0 amide bonds. The molecule has 0 atom stereocenters.